The highest BCUT2D eigenvalue weighted by atomic mass is 32.3. The van der Waals surface area contributed by atoms with Crippen LogP contribution in [0.1, 0.15) is 19.5 Å². The summed E-state index contributed by atoms with van der Waals surface area (Å²) in [5, 5.41) is 0. The number of esters is 1. The largest absolute Gasteiger partial charge is 0.492 e. The molecule has 0 fully saturated rings. The van der Waals surface area contributed by atoms with Crippen LogP contribution in [-0.4, -0.2) is 65.3 Å². The third-order valence-corrected chi connectivity index (χ3v) is 7.04. The first-order chi connectivity index (χ1) is 17.7. The number of imidazole rings is 1. The minimum Gasteiger partial charge on any atom is -0.492 e. The number of carbonyl (C=O) groups excluding carboxylic acids is 1. The van der Waals surface area contributed by atoms with Crippen LogP contribution in [0.4, 0.5) is 13.2 Å². The molecule has 1 aromatic carbocycles. The van der Waals surface area contributed by atoms with E-state index in [2.05, 4.69) is 28.7 Å². The summed E-state index contributed by atoms with van der Waals surface area (Å²) in [6.45, 7) is 4.04. The summed E-state index contributed by atoms with van der Waals surface area (Å²) in [4.78, 5) is 20.1. The molecule has 0 aliphatic heterocycles. The summed E-state index contributed by atoms with van der Waals surface area (Å²) >= 11 is 0. The lowest BCUT2D eigenvalue weighted by atomic mass is 9.95. The molecule has 7 nitrogen and oxygen atoms in total. The van der Waals surface area contributed by atoms with Gasteiger partial charge in [0.1, 0.15) is 24.9 Å². The van der Waals surface area contributed by atoms with Gasteiger partial charge in [-0.25, -0.2) is 15.0 Å². The van der Waals surface area contributed by atoms with E-state index < -0.39 is 27.3 Å². The van der Waals surface area contributed by atoms with Crippen molar-refractivity contribution >= 4 is 16.0 Å². The van der Waals surface area contributed by atoms with Gasteiger partial charge in [-0.3, -0.25) is 9.78 Å². The quantitative estimate of drug-likeness (QED) is 0.218. The van der Waals surface area contributed by atoms with Gasteiger partial charge in [0.15, 0.2) is 5.69 Å². The number of halogens is 3. The highest BCUT2D eigenvalue weighted by Crippen LogP contribution is 2.34. The number of pyridine rings is 1. The minimum atomic E-state index is -4.57. The van der Waals surface area contributed by atoms with Gasteiger partial charge < -0.3 is 18.8 Å². The maximum absolute atomic E-state index is 13.4. The van der Waals surface area contributed by atoms with E-state index in [1.807, 2.05) is 12.1 Å². The lowest BCUT2D eigenvalue weighted by molar-refractivity contribution is -0.152. The van der Waals surface area contributed by atoms with E-state index >= 15 is 0 Å². The molecule has 0 N–H and O–H groups in total. The molecule has 0 amide bonds. The fraction of sp³-hybridized carbons (Fsp3) is 0.444. The molecular weight excluding hydrogens is 519 g/mol. The standard InChI is InChI=1S/C27H34F3N3O4S/c1-26(2,25(34)35-3)17-37-21-10-7-19(8-11-21)22-12-9-20(15-31-22)24-32-23(27(28,29)30)16-33(24)18-36-13-14-38(4,5)6/h7-12,15-16H,13-14,17-18H2,1-6H3. The zero-order valence-electron chi connectivity index (χ0n) is 22.5. The van der Waals surface area contributed by atoms with Crippen LogP contribution in [-0.2, 0) is 27.2 Å². The van der Waals surface area contributed by atoms with E-state index in [0.29, 0.717) is 23.6 Å². The number of alkyl halides is 3. The van der Waals surface area contributed by atoms with Crippen LogP contribution in [0, 0.1) is 5.41 Å². The summed E-state index contributed by atoms with van der Waals surface area (Å²) in [6.07, 6.45) is 4.35. The van der Waals surface area contributed by atoms with Gasteiger partial charge in [0.05, 0.1) is 24.8 Å². The minimum absolute atomic E-state index is 0.0378. The van der Waals surface area contributed by atoms with Crippen molar-refractivity contribution in [2.24, 2.45) is 5.41 Å². The number of ether oxygens (including phenoxy) is 3. The van der Waals surface area contributed by atoms with E-state index in [1.165, 1.54) is 17.9 Å². The molecule has 0 saturated heterocycles. The van der Waals surface area contributed by atoms with Crippen molar-refractivity contribution in [3.63, 3.8) is 0 Å². The molecule has 0 saturated carbocycles. The molecule has 3 rings (SSSR count). The van der Waals surface area contributed by atoms with E-state index in [-0.39, 0.29) is 25.1 Å². The van der Waals surface area contributed by atoms with Crippen molar-refractivity contribution in [2.45, 2.75) is 26.8 Å². The summed E-state index contributed by atoms with van der Waals surface area (Å²) in [6, 6.07) is 10.6. The number of carbonyl (C=O) groups is 1. The van der Waals surface area contributed by atoms with Crippen molar-refractivity contribution in [1.29, 1.82) is 0 Å². The summed E-state index contributed by atoms with van der Waals surface area (Å²) in [5.74, 6) is 1.21. The highest BCUT2D eigenvalue weighted by molar-refractivity contribution is 8.32. The van der Waals surface area contributed by atoms with Crippen LogP contribution in [0.3, 0.4) is 0 Å². The second-order valence-electron chi connectivity index (χ2n) is 10.4. The van der Waals surface area contributed by atoms with Crippen molar-refractivity contribution in [3.05, 3.63) is 54.5 Å². The van der Waals surface area contributed by atoms with Crippen LogP contribution in [0.5, 0.6) is 5.75 Å². The van der Waals surface area contributed by atoms with Crippen LogP contribution >= 0.6 is 10.0 Å². The number of rotatable bonds is 11. The van der Waals surface area contributed by atoms with Gasteiger partial charge >= 0.3 is 12.1 Å². The van der Waals surface area contributed by atoms with E-state index in [4.69, 9.17) is 14.2 Å². The molecule has 0 atom stereocenters. The zero-order valence-corrected chi connectivity index (χ0v) is 23.3. The number of benzene rings is 1. The summed E-state index contributed by atoms with van der Waals surface area (Å²) < 4.78 is 57.7. The first kappa shape index (κ1) is 29.5. The van der Waals surface area contributed by atoms with Gasteiger partial charge in [-0.1, -0.05) is 0 Å². The average Bonchev–Trinajstić information content (AvgIpc) is 3.30. The predicted molar refractivity (Wildman–Crippen MR) is 143 cm³/mol. The molecule has 11 heteroatoms. The Morgan fingerprint density at radius 1 is 1.03 bits per heavy atom. The topological polar surface area (TPSA) is 75.5 Å². The van der Waals surface area contributed by atoms with Gasteiger partial charge in [-0.15, -0.1) is 0 Å². The van der Waals surface area contributed by atoms with E-state index in [1.54, 1.807) is 38.1 Å². The van der Waals surface area contributed by atoms with Crippen LogP contribution < -0.4 is 4.74 Å². The first-order valence-electron chi connectivity index (χ1n) is 11.9. The van der Waals surface area contributed by atoms with Crippen molar-refractivity contribution in [2.75, 3.05) is 44.8 Å². The molecule has 2 heterocycles. The maximum Gasteiger partial charge on any atom is 0.434 e. The van der Waals surface area contributed by atoms with Crippen molar-refractivity contribution in [3.8, 4) is 28.4 Å². The second kappa shape index (κ2) is 11.8. The van der Waals surface area contributed by atoms with Gasteiger partial charge in [-0.05, 0) is 69.0 Å². The fourth-order valence-corrected chi connectivity index (χ4v) is 3.99. The molecule has 0 aliphatic carbocycles. The molecule has 0 spiro atoms. The molecular formula is C27H34F3N3O4S. The summed E-state index contributed by atoms with van der Waals surface area (Å²) in [5.41, 5.74) is 0.102. The van der Waals surface area contributed by atoms with Gasteiger partial charge in [0.25, 0.3) is 0 Å². The second-order valence-corrected chi connectivity index (χ2v) is 15.0. The number of methoxy groups -OCH3 is 1. The zero-order chi connectivity index (χ0) is 28.1. The molecule has 0 aliphatic rings. The van der Waals surface area contributed by atoms with Gasteiger partial charge in [-0.2, -0.15) is 13.2 Å². The Kier molecular flexibility index (Phi) is 9.14. The van der Waals surface area contributed by atoms with Gasteiger partial charge in [0.2, 0.25) is 0 Å². The smallest absolute Gasteiger partial charge is 0.434 e. The van der Waals surface area contributed by atoms with Crippen LogP contribution in [0.15, 0.2) is 48.8 Å². The molecule has 208 valence electrons. The van der Waals surface area contributed by atoms with Crippen molar-refractivity contribution in [1.82, 2.24) is 14.5 Å². The lowest BCUT2D eigenvalue weighted by Gasteiger charge is -2.24. The Morgan fingerprint density at radius 2 is 1.68 bits per heavy atom. The normalized spacial score (nSPS) is 12.9. The Morgan fingerprint density at radius 3 is 2.24 bits per heavy atom. The third kappa shape index (κ3) is 7.97. The highest BCUT2D eigenvalue weighted by Gasteiger charge is 2.35. The van der Waals surface area contributed by atoms with E-state index in [9.17, 15) is 18.0 Å². The number of hydrogen-bond donors (Lipinski definition) is 0. The first-order valence-corrected chi connectivity index (χ1v) is 14.9. The summed E-state index contributed by atoms with van der Waals surface area (Å²) in [7, 11) is 0.562. The molecule has 0 unspecified atom stereocenters. The molecule has 2 aromatic heterocycles. The SMILES string of the molecule is COC(=O)C(C)(C)COc1ccc(-c2ccc(-c3nc(C(F)(F)F)cn3COCCS(C)(C)C)cn2)cc1. The Balaban J connectivity index is 1.74. The Hall–Kier alpha value is -3.05. The number of aromatic nitrogens is 3. The fourth-order valence-electron chi connectivity index (χ4n) is 3.37. The van der Waals surface area contributed by atoms with Gasteiger partial charge in [0, 0.05) is 29.3 Å². The monoisotopic (exact) mass is 553 g/mol. The number of nitrogens with zero attached hydrogens (tertiary/aromatic N) is 3. The molecule has 0 bridgehead atoms. The lowest BCUT2D eigenvalue weighted by Crippen LogP contribution is -2.32. The molecule has 0 radical (unpaired) electrons. The van der Waals surface area contributed by atoms with E-state index in [0.717, 1.165) is 17.5 Å². The average molecular weight is 554 g/mol. The molecule has 38 heavy (non-hydrogen) atoms. The third-order valence-electron chi connectivity index (χ3n) is 5.65. The predicted octanol–water partition coefficient (Wildman–Crippen LogP) is 5.88. The van der Waals surface area contributed by atoms with Crippen molar-refractivity contribution < 1.29 is 32.2 Å². The molecule has 3 aromatic rings. The Bertz CT molecular complexity index is 1220. The number of hydrogen-bond acceptors (Lipinski definition) is 6. The maximum atomic E-state index is 13.4. The Labute approximate surface area is 222 Å². The van der Waals surface area contributed by atoms with Crippen LogP contribution in [0.2, 0.25) is 0 Å². The van der Waals surface area contributed by atoms with Crippen LogP contribution in [0.25, 0.3) is 22.6 Å².